The van der Waals surface area contributed by atoms with E-state index >= 15 is 0 Å². The second kappa shape index (κ2) is 6.05. The fraction of sp³-hybridized carbons (Fsp3) is 0.588. The molecule has 0 spiro atoms. The predicted octanol–water partition coefficient (Wildman–Crippen LogP) is 2.18. The first kappa shape index (κ1) is 15.4. The molecular formula is C17H22N4O3. The summed E-state index contributed by atoms with van der Waals surface area (Å²) in [5.74, 6) is -0.220. The van der Waals surface area contributed by atoms with E-state index < -0.39 is 4.92 Å². The number of hydrogen-bond acceptors (Lipinski definition) is 5. The number of benzene rings is 1. The second-order valence-electron chi connectivity index (χ2n) is 7.19. The number of carbonyl (C=O) groups is 1. The van der Waals surface area contributed by atoms with Crippen LogP contribution in [0.5, 0.6) is 0 Å². The number of nitrogens with zero attached hydrogens (tertiary/aromatic N) is 1. The lowest BCUT2D eigenvalue weighted by molar-refractivity contribution is -0.384. The van der Waals surface area contributed by atoms with Crippen LogP contribution in [-0.4, -0.2) is 35.0 Å². The quantitative estimate of drug-likeness (QED) is 0.568. The molecule has 2 unspecified atom stereocenters. The number of nitro benzene ring substituents is 1. The molecule has 1 amide bonds. The molecule has 2 atom stereocenters. The van der Waals surface area contributed by atoms with E-state index in [2.05, 4.69) is 16.0 Å². The van der Waals surface area contributed by atoms with Crippen LogP contribution < -0.4 is 16.0 Å². The van der Waals surface area contributed by atoms with Crippen molar-refractivity contribution in [2.24, 2.45) is 0 Å². The normalized spacial score (nSPS) is 28.4. The molecule has 2 bridgehead atoms. The number of hydrogen-bond donors (Lipinski definition) is 3. The lowest BCUT2D eigenvalue weighted by Gasteiger charge is -2.29. The van der Waals surface area contributed by atoms with E-state index in [9.17, 15) is 14.9 Å². The van der Waals surface area contributed by atoms with Crippen LogP contribution in [-0.2, 0) is 0 Å². The Kier molecular flexibility index (Phi) is 3.88. The van der Waals surface area contributed by atoms with Crippen molar-refractivity contribution >= 4 is 17.3 Å². The summed E-state index contributed by atoms with van der Waals surface area (Å²) in [6, 6.07) is 6.17. The summed E-state index contributed by atoms with van der Waals surface area (Å²) in [6.45, 7) is 0. The first-order valence-corrected chi connectivity index (χ1v) is 8.70. The zero-order chi connectivity index (χ0) is 16.7. The molecule has 0 radical (unpaired) electrons. The van der Waals surface area contributed by atoms with Crippen LogP contribution in [0.15, 0.2) is 18.2 Å². The molecule has 7 nitrogen and oxygen atoms in total. The highest BCUT2D eigenvalue weighted by molar-refractivity contribution is 5.96. The van der Waals surface area contributed by atoms with Gasteiger partial charge in [-0.05, 0) is 50.7 Å². The Morgan fingerprint density at radius 2 is 1.83 bits per heavy atom. The van der Waals surface area contributed by atoms with Gasteiger partial charge in [-0.25, -0.2) is 0 Å². The summed E-state index contributed by atoms with van der Waals surface area (Å²) in [7, 11) is 0. The van der Waals surface area contributed by atoms with Crippen molar-refractivity contribution < 1.29 is 9.72 Å². The zero-order valence-corrected chi connectivity index (χ0v) is 13.5. The number of piperidine rings is 1. The van der Waals surface area contributed by atoms with Gasteiger partial charge in [0.2, 0.25) is 0 Å². The highest BCUT2D eigenvalue weighted by Gasteiger charge is 2.34. The minimum absolute atomic E-state index is 0.0278. The van der Waals surface area contributed by atoms with Crippen LogP contribution in [0.3, 0.4) is 0 Å². The molecule has 3 N–H and O–H groups in total. The van der Waals surface area contributed by atoms with Gasteiger partial charge in [-0.3, -0.25) is 14.9 Å². The minimum atomic E-state index is -0.424. The van der Waals surface area contributed by atoms with Crippen LogP contribution in [0.25, 0.3) is 0 Å². The van der Waals surface area contributed by atoms with Crippen molar-refractivity contribution in [3.63, 3.8) is 0 Å². The van der Waals surface area contributed by atoms with E-state index in [-0.39, 0.29) is 17.6 Å². The van der Waals surface area contributed by atoms with Crippen LogP contribution in [0.4, 0.5) is 11.4 Å². The van der Waals surface area contributed by atoms with Crippen molar-refractivity contribution in [3.8, 4) is 0 Å². The average Bonchev–Trinajstić information content (AvgIpc) is 3.30. The number of amides is 1. The Morgan fingerprint density at radius 1 is 1.12 bits per heavy atom. The fourth-order valence-corrected chi connectivity index (χ4v) is 3.84. The lowest BCUT2D eigenvalue weighted by Crippen LogP contribution is -2.48. The molecule has 1 aromatic rings. The Balaban J connectivity index is 1.47. The summed E-state index contributed by atoms with van der Waals surface area (Å²) in [5.41, 5.74) is 0.827. The highest BCUT2D eigenvalue weighted by atomic mass is 16.6. The predicted molar refractivity (Wildman–Crippen MR) is 90.2 cm³/mol. The number of nitrogens with one attached hydrogen (secondary N) is 3. The lowest BCUT2D eigenvalue weighted by atomic mass is 9.99. The molecule has 128 valence electrons. The number of anilines is 1. The van der Waals surface area contributed by atoms with Crippen LogP contribution in [0, 0.1) is 10.1 Å². The van der Waals surface area contributed by atoms with Crippen LogP contribution in [0.2, 0.25) is 0 Å². The van der Waals surface area contributed by atoms with Crippen molar-refractivity contribution in [1.29, 1.82) is 0 Å². The molecule has 2 aliphatic heterocycles. The Labute approximate surface area is 140 Å². The third-order valence-corrected chi connectivity index (χ3v) is 5.20. The molecule has 3 fully saturated rings. The van der Waals surface area contributed by atoms with Gasteiger partial charge in [0.15, 0.2) is 0 Å². The summed E-state index contributed by atoms with van der Waals surface area (Å²) in [6.07, 6.45) is 6.29. The van der Waals surface area contributed by atoms with Gasteiger partial charge in [0.1, 0.15) is 5.69 Å². The maximum absolute atomic E-state index is 12.5. The van der Waals surface area contributed by atoms with Gasteiger partial charge in [0, 0.05) is 35.8 Å². The highest BCUT2D eigenvalue weighted by Crippen LogP contribution is 2.32. The molecule has 2 heterocycles. The summed E-state index contributed by atoms with van der Waals surface area (Å²) in [4.78, 5) is 23.4. The minimum Gasteiger partial charge on any atom is -0.377 e. The number of nitro groups is 1. The van der Waals surface area contributed by atoms with Gasteiger partial charge in [0.25, 0.3) is 11.6 Å². The molecule has 7 heteroatoms. The third-order valence-electron chi connectivity index (χ3n) is 5.20. The zero-order valence-electron chi connectivity index (χ0n) is 13.5. The summed E-state index contributed by atoms with van der Waals surface area (Å²) >= 11 is 0. The largest absolute Gasteiger partial charge is 0.377 e. The Morgan fingerprint density at radius 3 is 2.46 bits per heavy atom. The molecule has 2 saturated heterocycles. The maximum Gasteiger partial charge on any atom is 0.293 e. The standard InChI is InChI=1S/C17H22N4O3/c22-17(20-14-8-12-4-5-13(9-14)18-12)10-1-6-15(19-11-2-3-11)16(7-10)21(23)24/h1,6-7,11-14,18-19H,2-5,8-9H2,(H,20,22). The van der Waals surface area contributed by atoms with Gasteiger partial charge in [-0.1, -0.05) is 0 Å². The molecule has 1 saturated carbocycles. The van der Waals surface area contributed by atoms with Crippen molar-refractivity contribution in [2.75, 3.05) is 5.32 Å². The van der Waals surface area contributed by atoms with Gasteiger partial charge in [-0.15, -0.1) is 0 Å². The monoisotopic (exact) mass is 330 g/mol. The number of rotatable bonds is 5. The van der Waals surface area contributed by atoms with E-state index in [1.807, 2.05) is 0 Å². The molecule has 1 aliphatic carbocycles. The average molecular weight is 330 g/mol. The molecule has 1 aromatic carbocycles. The van der Waals surface area contributed by atoms with E-state index in [1.54, 1.807) is 12.1 Å². The summed E-state index contributed by atoms with van der Waals surface area (Å²) < 4.78 is 0. The van der Waals surface area contributed by atoms with Crippen molar-refractivity contribution in [3.05, 3.63) is 33.9 Å². The van der Waals surface area contributed by atoms with Gasteiger partial charge >= 0.3 is 0 Å². The molecule has 24 heavy (non-hydrogen) atoms. The number of fused-ring (bicyclic) bond motifs is 2. The first-order valence-electron chi connectivity index (χ1n) is 8.70. The fourth-order valence-electron chi connectivity index (χ4n) is 3.84. The van der Waals surface area contributed by atoms with Gasteiger partial charge in [0.05, 0.1) is 4.92 Å². The topological polar surface area (TPSA) is 96.3 Å². The van der Waals surface area contributed by atoms with Crippen LogP contribution >= 0.6 is 0 Å². The Bertz CT molecular complexity index is 662. The third kappa shape index (κ3) is 3.21. The Hall–Kier alpha value is -2.15. The van der Waals surface area contributed by atoms with E-state index in [4.69, 9.17) is 0 Å². The van der Waals surface area contributed by atoms with E-state index in [0.717, 1.165) is 25.7 Å². The first-order chi connectivity index (χ1) is 11.6. The van der Waals surface area contributed by atoms with E-state index in [0.29, 0.717) is 29.4 Å². The van der Waals surface area contributed by atoms with Crippen molar-refractivity contribution in [1.82, 2.24) is 10.6 Å². The number of carbonyl (C=O) groups excluding carboxylic acids is 1. The van der Waals surface area contributed by atoms with Gasteiger partial charge < -0.3 is 16.0 Å². The van der Waals surface area contributed by atoms with E-state index in [1.165, 1.54) is 18.9 Å². The molecule has 3 aliphatic rings. The SMILES string of the molecule is O=C(NC1CC2CCC(C1)N2)c1ccc(NC2CC2)c([N+](=O)[O-])c1. The van der Waals surface area contributed by atoms with Gasteiger partial charge in [-0.2, -0.15) is 0 Å². The molecular weight excluding hydrogens is 308 g/mol. The molecule has 0 aromatic heterocycles. The summed E-state index contributed by atoms with van der Waals surface area (Å²) in [5, 5.41) is 21.1. The molecule has 4 rings (SSSR count). The smallest absolute Gasteiger partial charge is 0.293 e. The second-order valence-corrected chi connectivity index (χ2v) is 7.19. The van der Waals surface area contributed by atoms with Crippen LogP contribution in [0.1, 0.15) is 48.9 Å². The maximum atomic E-state index is 12.5. The van der Waals surface area contributed by atoms with Crippen molar-refractivity contribution in [2.45, 2.75) is 62.7 Å².